The molecule has 0 atom stereocenters. The average Bonchev–Trinajstić information content (AvgIpc) is 2.59. The van der Waals surface area contributed by atoms with Crippen molar-refractivity contribution >= 4 is 10.8 Å². The van der Waals surface area contributed by atoms with Gasteiger partial charge < -0.3 is 10.5 Å². The van der Waals surface area contributed by atoms with Crippen LogP contribution in [0.4, 0.5) is 0 Å². The van der Waals surface area contributed by atoms with Gasteiger partial charge >= 0.3 is 0 Å². The molecule has 124 valence electrons. The molecular weight excluding hydrogens is 296 g/mol. The number of pyridine rings is 1. The predicted molar refractivity (Wildman–Crippen MR) is 100 cm³/mol. The number of hydrogen-bond donors (Lipinski definition) is 1. The number of rotatable bonds is 3. The number of aromatic nitrogens is 1. The van der Waals surface area contributed by atoms with Crippen LogP contribution in [0.25, 0.3) is 21.9 Å². The van der Waals surface area contributed by atoms with Crippen LogP contribution in [0, 0.1) is 0 Å². The number of nitrogens with zero attached hydrogens (tertiary/aromatic N) is 1. The molecule has 0 aliphatic heterocycles. The van der Waals surface area contributed by atoms with Crippen molar-refractivity contribution in [3.8, 4) is 16.9 Å². The minimum absolute atomic E-state index is 0.0838. The lowest BCUT2D eigenvalue weighted by molar-refractivity contribution is 0.416. The second-order valence-corrected chi connectivity index (χ2v) is 7.03. The fourth-order valence-corrected chi connectivity index (χ4v) is 3.01. The van der Waals surface area contributed by atoms with E-state index in [2.05, 4.69) is 50.0 Å². The number of hydrogen-bond acceptors (Lipinski definition) is 3. The molecule has 0 spiro atoms. The van der Waals surface area contributed by atoms with E-state index in [-0.39, 0.29) is 5.41 Å². The summed E-state index contributed by atoms with van der Waals surface area (Å²) in [4.78, 5) is 4.62. The maximum atomic E-state index is 5.93. The van der Waals surface area contributed by atoms with Gasteiger partial charge in [0, 0.05) is 29.3 Å². The first-order chi connectivity index (χ1) is 11.5. The van der Waals surface area contributed by atoms with Crippen molar-refractivity contribution in [1.29, 1.82) is 0 Å². The molecule has 3 rings (SSSR count). The highest BCUT2D eigenvalue weighted by Gasteiger charge is 2.17. The van der Waals surface area contributed by atoms with Gasteiger partial charge in [-0.25, -0.2) is 0 Å². The van der Waals surface area contributed by atoms with E-state index >= 15 is 0 Å². The molecule has 0 bridgehead atoms. The maximum Gasteiger partial charge on any atom is 0.126 e. The fraction of sp³-hybridized carbons (Fsp3) is 0.286. The SMILES string of the molecule is COc1ccccc1-c1cnc(CN)c2cc(C(C)(C)C)ccc12. The Hall–Kier alpha value is -2.39. The summed E-state index contributed by atoms with van der Waals surface area (Å²) in [6.07, 6.45) is 1.90. The summed E-state index contributed by atoms with van der Waals surface area (Å²) in [5.74, 6) is 0.848. The Kier molecular flexibility index (Phi) is 4.29. The van der Waals surface area contributed by atoms with Crippen LogP contribution < -0.4 is 10.5 Å². The third kappa shape index (κ3) is 2.87. The molecule has 24 heavy (non-hydrogen) atoms. The van der Waals surface area contributed by atoms with Crippen molar-refractivity contribution in [3.05, 3.63) is 59.9 Å². The van der Waals surface area contributed by atoms with Crippen LogP contribution in [0.1, 0.15) is 32.0 Å². The average molecular weight is 320 g/mol. The van der Waals surface area contributed by atoms with Crippen molar-refractivity contribution in [2.45, 2.75) is 32.7 Å². The van der Waals surface area contributed by atoms with E-state index in [1.165, 1.54) is 5.56 Å². The Balaban J connectivity index is 2.31. The van der Waals surface area contributed by atoms with Crippen LogP contribution >= 0.6 is 0 Å². The van der Waals surface area contributed by atoms with Gasteiger partial charge in [0.1, 0.15) is 5.75 Å². The summed E-state index contributed by atoms with van der Waals surface area (Å²) in [7, 11) is 1.69. The summed E-state index contributed by atoms with van der Waals surface area (Å²) in [6.45, 7) is 7.08. The molecule has 2 aromatic carbocycles. The molecule has 1 heterocycles. The Morgan fingerprint density at radius 3 is 2.42 bits per heavy atom. The molecule has 3 nitrogen and oxygen atoms in total. The normalized spacial score (nSPS) is 11.7. The largest absolute Gasteiger partial charge is 0.496 e. The van der Waals surface area contributed by atoms with E-state index in [4.69, 9.17) is 10.5 Å². The fourth-order valence-electron chi connectivity index (χ4n) is 3.01. The van der Waals surface area contributed by atoms with Gasteiger partial charge in [-0.05, 0) is 28.5 Å². The molecule has 0 aliphatic carbocycles. The lowest BCUT2D eigenvalue weighted by atomic mass is 9.85. The lowest BCUT2D eigenvalue weighted by Gasteiger charge is -2.21. The first-order valence-electron chi connectivity index (χ1n) is 8.21. The van der Waals surface area contributed by atoms with Crippen molar-refractivity contribution in [1.82, 2.24) is 4.98 Å². The zero-order valence-corrected chi connectivity index (χ0v) is 14.8. The standard InChI is InChI=1S/C21H24N2O/c1-21(2,3)14-9-10-15-17(11-14)19(12-22)23-13-18(15)16-7-5-6-8-20(16)24-4/h5-11,13H,12,22H2,1-4H3. The molecular formula is C21H24N2O. The number of para-hydroxylation sites is 1. The predicted octanol–water partition coefficient (Wildman–Crippen LogP) is 4.67. The van der Waals surface area contributed by atoms with Gasteiger partial charge in [0.05, 0.1) is 12.8 Å². The molecule has 3 aromatic rings. The van der Waals surface area contributed by atoms with Crippen molar-refractivity contribution in [2.75, 3.05) is 7.11 Å². The molecule has 2 N–H and O–H groups in total. The van der Waals surface area contributed by atoms with Gasteiger partial charge in [0.2, 0.25) is 0 Å². The molecule has 1 aromatic heterocycles. The van der Waals surface area contributed by atoms with E-state index in [9.17, 15) is 0 Å². The summed E-state index contributed by atoms with van der Waals surface area (Å²) in [5.41, 5.74) is 10.3. The lowest BCUT2D eigenvalue weighted by Crippen LogP contribution is -2.11. The molecule has 0 fully saturated rings. The minimum Gasteiger partial charge on any atom is -0.496 e. The molecule has 0 unspecified atom stereocenters. The molecule has 0 amide bonds. The highest BCUT2D eigenvalue weighted by Crippen LogP contribution is 2.36. The van der Waals surface area contributed by atoms with Gasteiger partial charge in [0.25, 0.3) is 0 Å². The van der Waals surface area contributed by atoms with Gasteiger partial charge in [0.15, 0.2) is 0 Å². The Morgan fingerprint density at radius 2 is 1.75 bits per heavy atom. The van der Waals surface area contributed by atoms with Crippen LogP contribution in [0.15, 0.2) is 48.7 Å². The molecule has 0 saturated heterocycles. The molecule has 0 aliphatic rings. The topological polar surface area (TPSA) is 48.1 Å². The Labute approximate surface area is 143 Å². The smallest absolute Gasteiger partial charge is 0.126 e. The number of benzene rings is 2. The van der Waals surface area contributed by atoms with E-state index in [0.717, 1.165) is 33.3 Å². The zero-order valence-electron chi connectivity index (χ0n) is 14.8. The summed E-state index contributed by atoms with van der Waals surface area (Å²) >= 11 is 0. The summed E-state index contributed by atoms with van der Waals surface area (Å²) in [6, 6.07) is 14.6. The minimum atomic E-state index is 0.0838. The van der Waals surface area contributed by atoms with Gasteiger partial charge in [-0.1, -0.05) is 51.1 Å². The van der Waals surface area contributed by atoms with Crippen LogP contribution in [0.3, 0.4) is 0 Å². The molecule has 0 radical (unpaired) electrons. The van der Waals surface area contributed by atoms with Crippen LogP contribution in [-0.4, -0.2) is 12.1 Å². The molecule has 0 saturated carbocycles. The number of nitrogens with two attached hydrogens (primary N) is 1. The third-order valence-electron chi connectivity index (χ3n) is 4.43. The monoisotopic (exact) mass is 320 g/mol. The van der Waals surface area contributed by atoms with Crippen LogP contribution in [0.2, 0.25) is 0 Å². The highest BCUT2D eigenvalue weighted by atomic mass is 16.5. The van der Waals surface area contributed by atoms with E-state index in [0.29, 0.717) is 6.54 Å². The Morgan fingerprint density at radius 1 is 1.00 bits per heavy atom. The van der Waals surface area contributed by atoms with Crippen molar-refractivity contribution < 1.29 is 4.74 Å². The van der Waals surface area contributed by atoms with Crippen molar-refractivity contribution in [3.63, 3.8) is 0 Å². The van der Waals surface area contributed by atoms with Gasteiger partial charge in [-0.2, -0.15) is 0 Å². The van der Waals surface area contributed by atoms with E-state index in [1.54, 1.807) is 7.11 Å². The van der Waals surface area contributed by atoms with Gasteiger partial charge in [-0.15, -0.1) is 0 Å². The van der Waals surface area contributed by atoms with E-state index in [1.807, 2.05) is 24.4 Å². The van der Waals surface area contributed by atoms with Crippen molar-refractivity contribution in [2.24, 2.45) is 5.73 Å². The zero-order chi connectivity index (χ0) is 17.3. The Bertz CT molecular complexity index is 879. The highest BCUT2D eigenvalue weighted by molar-refractivity contribution is 5.99. The number of ether oxygens (including phenoxy) is 1. The summed E-state index contributed by atoms with van der Waals surface area (Å²) < 4.78 is 5.53. The third-order valence-corrected chi connectivity index (χ3v) is 4.43. The van der Waals surface area contributed by atoms with Gasteiger partial charge in [-0.3, -0.25) is 4.98 Å². The summed E-state index contributed by atoms with van der Waals surface area (Å²) in [5, 5.41) is 2.27. The van der Waals surface area contributed by atoms with Crippen LogP contribution in [0.5, 0.6) is 5.75 Å². The second-order valence-electron chi connectivity index (χ2n) is 7.03. The quantitative estimate of drug-likeness (QED) is 0.763. The second kappa shape index (κ2) is 6.25. The van der Waals surface area contributed by atoms with Crippen LogP contribution in [-0.2, 0) is 12.0 Å². The molecule has 3 heteroatoms. The van der Waals surface area contributed by atoms with E-state index < -0.39 is 0 Å². The maximum absolute atomic E-state index is 5.93. The first-order valence-corrected chi connectivity index (χ1v) is 8.21. The first kappa shape index (κ1) is 16.5. The number of methoxy groups -OCH3 is 1. The number of fused-ring (bicyclic) bond motifs is 1.